The van der Waals surface area contributed by atoms with Crippen molar-refractivity contribution < 1.29 is 9.90 Å². The summed E-state index contributed by atoms with van der Waals surface area (Å²) in [5.41, 5.74) is 1.99. The van der Waals surface area contributed by atoms with Gasteiger partial charge in [0.25, 0.3) is 0 Å². The Labute approximate surface area is 105 Å². The van der Waals surface area contributed by atoms with Crippen LogP contribution in [-0.4, -0.2) is 25.6 Å². The lowest BCUT2D eigenvalue weighted by molar-refractivity contribution is 0.0685. The monoisotopic (exact) mass is 245 g/mol. The van der Waals surface area contributed by atoms with E-state index in [1.807, 2.05) is 12.1 Å². The van der Waals surface area contributed by atoms with E-state index in [-0.39, 0.29) is 5.69 Å². The molecule has 0 spiro atoms. The Balaban J connectivity index is 2.20. The lowest BCUT2D eigenvalue weighted by atomic mass is 10.1. The summed E-state index contributed by atoms with van der Waals surface area (Å²) in [4.78, 5) is 19.5. The van der Waals surface area contributed by atoms with E-state index in [2.05, 4.69) is 9.97 Å². The topological polar surface area (TPSA) is 68.0 Å². The van der Waals surface area contributed by atoms with Crippen LogP contribution in [0.15, 0.2) is 24.5 Å². The molecule has 0 bridgehead atoms. The quantitative estimate of drug-likeness (QED) is 0.888. The molecule has 0 radical (unpaired) electrons. The predicted octanol–water partition coefficient (Wildman–Crippen LogP) is 1.61. The van der Waals surface area contributed by atoms with Crippen LogP contribution < -0.4 is 0 Å². The van der Waals surface area contributed by atoms with Crippen molar-refractivity contribution in [2.75, 3.05) is 0 Å². The van der Waals surface area contributed by atoms with Gasteiger partial charge in [-0.1, -0.05) is 6.07 Å². The molecule has 0 saturated carbocycles. The Morgan fingerprint density at radius 2 is 2.22 bits per heavy atom. The number of carboxylic acids is 1. The molecule has 5 nitrogen and oxygen atoms in total. The first-order valence-electron chi connectivity index (χ1n) is 5.74. The minimum atomic E-state index is -0.931. The van der Waals surface area contributed by atoms with Crippen LogP contribution in [0.2, 0.25) is 0 Å². The number of hydrogen-bond acceptors (Lipinski definition) is 3. The van der Waals surface area contributed by atoms with Gasteiger partial charge in [0.2, 0.25) is 0 Å². The summed E-state index contributed by atoms with van der Waals surface area (Å²) in [6, 6.07) is 3.85. The van der Waals surface area contributed by atoms with E-state index in [1.165, 1.54) is 0 Å². The lowest BCUT2D eigenvalue weighted by Crippen LogP contribution is -2.08. The molecule has 0 aliphatic rings. The fourth-order valence-corrected chi connectivity index (χ4v) is 1.93. The smallest absolute Gasteiger partial charge is 0.354 e. The molecule has 1 N–H and O–H groups in total. The van der Waals surface area contributed by atoms with Crippen LogP contribution in [0.5, 0.6) is 0 Å². The molecule has 2 heterocycles. The number of aromatic carboxylic acids is 1. The second-order valence-corrected chi connectivity index (χ2v) is 4.18. The summed E-state index contributed by atoms with van der Waals surface area (Å²) in [5.74, 6) is -0.215. The van der Waals surface area contributed by atoms with Crippen LogP contribution in [0, 0.1) is 6.92 Å². The van der Waals surface area contributed by atoms with Crippen LogP contribution in [-0.2, 0) is 19.9 Å². The zero-order valence-electron chi connectivity index (χ0n) is 10.4. The fraction of sp³-hybridized carbons (Fsp3) is 0.308. The Morgan fingerprint density at radius 1 is 1.44 bits per heavy atom. The molecular weight excluding hydrogens is 230 g/mol. The van der Waals surface area contributed by atoms with E-state index >= 15 is 0 Å². The number of aryl methyl sites for hydroxylation is 3. The van der Waals surface area contributed by atoms with Gasteiger partial charge in [0.15, 0.2) is 0 Å². The van der Waals surface area contributed by atoms with Crippen molar-refractivity contribution in [3.05, 3.63) is 47.3 Å². The van der Waals surface area contributed by atoms with Gasteiger partial charge in [0.05, 0.1) is 5.69 Å². The minimum absolute atomic E-state index is 0.274. The van der Waals surface area contributed by atoms with Crippen molar-refractivity contribution in [1.82, 2.24) is 14.5 Å². The summed E-state index contributed by atoms with van der Waals surface area (Å²) in [6.45, 7) is 1.81. The van der Waals surface area contributed by atoms with Crippen LogP contribution in [0.4, 0.5) is 0 Å². The molecule has 0 atom stereocenters. The highest BCUT2D eigenvalue weighted by Crippen LogP contribution is 2.13. The SMILES string of the molecule is Cc1nc(CCc2cccnc2)c(C(=O)O)n1C. The average molecular weight is 245 g/mol. The standard InChI is InChI=1S/C13H15N3O2/c1-9-15-11(12(13(17)18)16(9)2)6-5-10-4-3-7-14-8-10/h3-4,7-8H,5-6H2,1-2H3,(H,17,18). The van der Waals surface area contributed by atoms with Gasteiger partial charge >= 0.3 is 5.97 Å². The first-order valence-corrected chi connectivity index (χ1v) is 5.74. The molecule has 0 saturated heterocycles. The van der Waals surface area contributed by atoms with Crippen molar-refractivity contribution in [3.8, 4) is 0 Å². The summed E-state index contributed by atoms with van der Waals surface area (Å²) in [6.07, 6.45) is 4.85. The highest BCUT2D eigenvalue weighted by molar-refractivity contribution is 5.87. The number of carbonyl (C=O) groups is 1. The maximum atomic E-state index is 11.2. The Kier molecular flexibility index (Phi) is 3.41. The molecule has 0 aromatic carbocycles. The van der Waals surface area contributed by atoms with Crippen molar-refractivity contribution in [3.63, 3.8) is 0 Å². The molecule has 0 aliphatic carbocycles. The van der Waals surface area contributed by atoms with Crippen LogP contribution >= 0.6 is 0 Å². The molecule has 0 aliphatic heterocycles. The zero-order valence-corrected chi connectivity index (χ0v) is 10.4. The molecule has 2 rings (SSSR count). The third kappa shape index (κ3) is 2.40. The van der Waals surface area contributed by atoms with Gasteiger partial charge in [0.1, 0.15) is 11.5 Å². The molecule has 18 heavy (non-hydrogen) atoms. The van der Waals surface area contributed by atoms with Gasteiger partial charge in [-0.25, -0.2) is 9.78 Å². The highest BCUT2D eigenvalue weighted by atomic mass is 16.4. The number of hydrogen-bond donors (Lipinski definition) is 1. The van der Waals surface area contributed by atoms with Crippen molar-refractivity contribution in [2.24, 2.45) is 7.05 Å². The number of pyridine rings is 1. The third-order valence-electron chi connectivity index (χ3n) is 2.97. The number of rotatable bonds is 4. The fourth-order valence-electron chi connectivity index (χ4n) is 1.93. The first kappa shape index (κ1) is 12.3. The van der Waals surface area contributed by atoms with E-state index in [0.717, 1.165) is 12.0 Å². The van der Waals surface area contributed by atoms with Crippen molar-refractivity contribution >= 4 is 5.97 Å². The van der Waals surface area contributed by atoms with E-state index in [4.69, 9.17) is 0 Å². The molecule has 0 amide bonds. The number of imidazole rings is 1. The van der Waals surface area contributed by atoms with Crippen LogP contribution in [0.3, 0.4) is 0 Å². The van der Waals surface area contributed by atoms with Gasteiger partial charge in [0, 0.05) is 19.4 Å². The Hall–Kier alpha value is -2.17. The van der Waals surface area contributed by atoms with E-state index < -0.39 is 5.97 Å². The lowest BCUT2D eigenvalue weighted by Gasteiger charge is -2.01. The van der Waals surface area contributed by atoms with Crippen LogP contribution in [0.25, 0.3) is 0 Å². The Morgan fingerprint density at radius 3 is 2.83 bits per heavy atom. The summed E-state index contributed by atoms with van der Waals surface area (Å²) in [7, 11) is 1.72. The van der Waals surface area contributed by atoms with E-state index in [9.17, 15) is 9.90 Å². The maximum absolute atomic E-state index is 11.2. The molecule has 0 unspecified atom stereocenters. The molecule has 5 heteroatoms. The molecule has 2 aromatic rings. The average Bonchev–Trinajstić information content (AvgIpc) is 2.64. The minimum Gasteiger partial charge on any atom is -0.477 e. The van der Waals surface area contributed by atoms with Gasteiger partial charge in [-0.3, -0.25) is 4.98 Å². The molecule has 2 aromatic heterocycles. The summed E-state index contributed by atoms with van der Waals surface area (Å²) < 4.78 is 1.61. The highest BCUT2D eigenvalue weighted by Gasteiger charge is 2.18. The molecular formula is C13H15N3O2. The predicted molar refractivity (Wildman–Crippen MR) is 66.5 cm³/mol. The third-order valence-corrected chi connectivity index (χ3v) is 2.97. The van der Waals surface area contributed by atoms with E-state index in [1.54, 1.807) is 30.9 Å². The molecule has 94 valence electrons. The first-order chi connectivity index (χ1) is 8.59. The Bertz CT molecular complexity index is 561. The largest absolute Gasteiger partial charge is 0.477 e. The van der Waals surface area contributed by atoms with Crippen molar-refractivity contribution in [1.29, 1.82) is 0 Å². The van der Waals surface area contributed by atoms with Gasteiger partial charge < -0.3 is 9.67 Å². The molecule has 0 fully saturated rings. The van der Waals surface area contributed by atoms with Crippen LogP contribution in [0.1, 0.15) is 27.6 Å². The van der Waals surface area contributed by atoms with Crippen molar-refractivity contribution in [2.45, 2.75) is 19.8 Å². The summed E-state index contributed by atoms with van der Waals surface area (Å²) >= 11 is 0. The second-order valence-electron chi connectivity index (χ2n) is 4.18. The second kappa shape index (κ2) is 5.00. The number of aromatic nitrogens is 3. The number of nitrogens with zero attached hydrogens (tertiary/aromatic N) is 3. The normalized spacial score (nSPS) is 10.6. The maximum Gasteiger partial charge on any atom is 0.354 e. The van der Waals surface area contributed by atoms with E-state index in [0.29, 0.717) is 17.9 Å². The summed E-state index contributed by atoms with van der Waals surface area (Å²) in [5, 5.41) is 9.18. The zero-order chi connectivity index (χ0) is 13.1. The van der Waals surface area contributed by atoms with Gasteiger partial charge in [-0.15, -0.1) is 0 Å². The van der Waals surface area contributed by atoms with Gasteiger partial charge in [-0.2, -0.15) is 0 Å². The number of carboxylic acid groups (broad SMARTS) is 1. The van der Waals surface area contributed by atoms with Gasteiger partial charge in [-0.05, 0) is 31.4 Å².